The Labute approximate surface area is 142 Å². The monoisotopic (exact) mass is 341 g/mol. The summed E-state index contributed by atoms with van der Waals surface area (Å²) in [5, 5.41) is 8.09. The summed E-state index contributed by atoms with van der Waals surface area (Å²) in [5.41, 5.74) is 0.229. The highest BCUT2D eigenvalue weighted by Gasteiger charge is 2.30. The summed E-state index contributed by atoms with van der Waals surface area (Å²) in [6.07, 6.45) is 2.75. The third kappa shape index (κ3) is 5.95. The molecule has 1 aromatic rings. The van der Waals surface area contributed by atoms with Crippen LogP contribution in [0.2, 0.25) is 5.15 Å². The topological polar surface area (TPSA) is 64.5 Å². The predicted molar refractivity (Wildman–Crippen MR) is 87.3 cm³/mol. The van der Waals surface area contributed by atoms with Crippen LogP contribution in [-0.2, 0) is 16.1 Å². The molecule has 1 fully saturated rings. The third-order valence-corrected chi connectivity index (χ3v) is 3.70. The molecule has 23 heavy (non-hydrogen) atoms. The van der Waals surface area contributed by atoms with Gasteiger partial charge >= 0.3 is 6.09 Å². The van der Waals surface area contributed by atoms with Gasteiger partial charge in [0.25, 0.3) is 0 Å². The van der Waals surface area contributed by atoms with Crippen LogP contribution in [0.25, 0.3) is 0 Å². The molecule has 0 aromatic carbocycles. The molecular formula is C16H24ClN3O3. The van der Waals surface area contributed by atoms with Gasteiger partial charge in [-0.05, 0) is 52.2 Å². The lowest BCUT2D eigenvalue weighted by atomic mass is 10.0. The van der Waals surface area contributed by atoms with Crippen molar-refractivity contribution in [2.75, 3.05) is 13.2 Å². The fraction of sp³-hybridized carbons (Fsp3) is 0.688. The summed E-state index contributed by atoms with van der Waals surface area (Å²) < 4.78 is 11.2. The summed E-state index contributed by atoms with van der Waals surface area (Å²) in [4.78, 5) is 14.1. The van der Waals surface area contributed by atoms with Crippen LogP contribution < -0.4 is 0 Å². The van der Waals surface area contributed by atoms with Crippen molar-refractivity contribution in [3.8, 4) is 0 Å². The lowest BCUT2D eigenvalue weighted by molar-refractivity contribution is -0.0103. The number of halogens is 1. The zero-order valence-corrected chi connectivity index (χ0v) is 14.7. The van der Waals surface area contributed by atoms with Crippen LogP contribution >= 0.6 is 11.6 Å². The lowest BCUT2D eigenvalue weighted by Gasteiger charge is -2.36. The number of piperidine rings is 1. The Morgan fingerprint density at radius 2 is 2.13 bits per heavy atom. The van der Waals surface area contributed by atoms with Crippen LogP contribution in [-0.4, -0.2) is 46.0 Å². The maximum atomic E-state index is 12.3. The Balaban J connectivity index is 1.86. The number of carbonyl (C=O) groups is 1. The molecule has 1 saturated heterocycles. The van der Waals surface area contributed by atoms with Crippen molar-refractivity contribution in [3.63, 3.8) is 0 Å². The van der Waals surface area contributed by atoms with Gasteiger partial charge in [0.15, 0.2) is 5.15 Å². The number of hydrogen-bond acceptors (Lipinski definition) is 5. The summed E-state index contributed by atoms with van der Waals surface area (Å²) in [5.74, 6) is 0. The largest absolute Gasteiger partial charge is 0.444 e. The highest BCUT2D eigenvalue weighted by Crippen LogP contribution is 2.21. The fourth-order valence-corrected chi connectivity index (χ4v) is 2.56. The molecular weight excluding hydrogens is 318 g/mol. The van der Waals surface area contributed by atoms with E-state index in [0.717, 1.165) is 19.3 Å². The second-order valence-electron chi connectivity index (χ2n) is 6.69. The average Bonchev–Trinajstić information content (AvgIpc) is 2.48. The number of ether oxygens (including phenoxy) is 2. The SMILES string of the molecule is CC(C)(C)OC(=O)N1CCCC[C@@H]1COCc1ccc(Cl)nn1. The van der Waals surface area contributed by atoms with Crippen LogP contribution in [0.3, 0.4) is 0 Å². The van der Waals surface area contributed by atoms with E-state index in [1.165, 1.54) is 0 Å². The molecule has 2 heterocycles. The molecule has 1 atom stereocenters. The molecule has 0 radical (unpaired) electrons. The van der Waals surface area contributed by atoms with Gasteiger partial charge in [0.05, 0.1) is 24.9 Å². The van der Waals surface area contributed by atoms with Gasteiger partial charge in [0.2, 0.25) is 0 Å². The molecule has 128 valence electrons. The molecule has 1 aliphatic heterocycles. The second-order valence-corrected chi connectivity index (χ2v) is 7.07. The Morgan fingerprint density at radius 3 is 2.78 bits per heavy atom. The normalized spacial score (nSPS) is 18.8. The molecule has 1 amide bonds. The van der Waals surface area contributed by atoms with Crippen LogP contribution in [0.5, 0.6) is 0 Å². The first-order chi connectivity index (χ1) is 10.8. The number of hydrogen-bond donors (Lipinski definition) is 0. The van der Waals surface area contributed by atoms with E-state index in [9.17, 15) is 4.79 Å². The van der Waals surface area contributed by atoms with E-state index in [-0.39, 0.29) is 12.1 Å². The third-order valence-electron chi connectivity index (χ3n) is 3.50. The van der Waals surface area contributed by atoms with Gasteiger partial charge < -0.3 is 14.4 Å². The van der Waals surface area contributed by atoms with Crippen LogP contribution in [0, 0.1) is 0 Å². The molecule has 6 nitrogen and oxygen atoms in total. The highest BCUT2D eigenvalue weighted by atomic mass is 35.5. The first kappa shape index (κ1) is 17.9. The molecule has 7 heteroatoms. The van der Waals surface area contributed by atoms with Gasteiger partial charge in [-0.1, -0.05) is 11.6 Å². The number of carbonyl (C=O) groups excluding carboxylic acids is 1. The van der Waals surface area contributed by atoms with E-state index in [1.54, 1.807) is 17.0 Å². The zero-order valence-electron chi connectivity index (χ0n) is 13.9. The molecule has 0 bridgehead atoms. The zero-order chi connectivity index (χ0) is 16.9. The number of rotatable bonds is 4. The first-order valence-corrected chi connectivity index (χ1v) is 8.28. The Hall–Kier alpha value is -1.40. The Kier molecular flexibility index (Phi) is 6.18. The van der Waals surface area contributed by atoms with E-state index in [1.807, 2.05) is 20.8 Å². The maximum Gasteiger partial charge on any atom is 0.410 e. The minimum absolute atomic E-state index is 0.0406. The first-order valence-electron chi connectivity index (χ1n) is 7.90. The van der Waals surface area contributed by atoms with Crippen molar-refractivity contribution in [2.45, 2.75) is 58.3 Å². The van der Waals surface area contributed by atoms with Crippen LogP contribution in [0.4, 0.5) is 4.79 Å². The Morgan fingerprint density at radius 1 is 1.35 bits per heavy atom. The van der Waals surface area contributed by atoms with E-state index < -0.39 is 5.60 Å². The van der Waals surface area contributed by atoms with E-state index in [4.69, 9.17) is 21.1 Å². The summed E-state index contributed by atoms with van der Waals surface area (Å²) in [6, 6.07) is 3.50. The molecule has 0 aliphatic carbocycles. The molecule has 0 N–H and O–H groups in total. The van der Waals surface area contributed by atoms with E-state index in [0.29, 0.717) is 30.6 Å². The second kappa shape index (κ2) is 7.93. The van der Waals surface area contributed by atoms with Gasteiger partial charge in [0.1, 0.15) is 5.60 Å². The summed E-state index contributed by atoms with van der Waals surface area (Å²) in [7, 11) is 0. The van der Waals surface area contributed by atoms with E-state index in [2.05, 4.69) is 10.2 Å². The van der Waals surface area contributed by atoms with Crippen molar-refractivity contribution in [1.29, 1.82) is 0 Å². The van der Waals surface area contributed by atoms with Crippen molar-refractivity contribution >= 4 is 17.7 Å². The van der Waals surface area contributed by atoms with Gasteiger partial charge in [-0.15, -0.1) is 5.10 Å². The summed E-state index contributed by atoms with van der Waals surface area (Å²) in [6.45, 7) is 7.15. The lowest BCUT2D eigenvalue weighted by Crippen LogP contribution is -2.48. The van der Waals surface area contributed by atoms with Crippen molar-refractivity contribution < 1.29 is 14.3 Å². The molecule has 0 saturated carbocycles. The molecule has 0 unspecified atom stereocenters. The molecule has 1 aromatic heterocycles. The van der Waals surface area contributed by atoms with Gasteiger partial charge in [-0.2, -0.15) is 5.10 Å². The van der Waals surface area contributed by atoms with Crippen molar-refractivity contribution in [2.24, 2.45) is 0 Å². The van der Waals surface area contributed by atoms with Crippen molar-refractivity contribution in [1.82, 2.24) is 15.1 Å². The van der Waals surface area contributed by atoms with E-state index >= 15 is 0 Å². The van der Waals surface area contributed by atoms with Crippen molar-refractivity contribution in [3.05, 3.63) is 23.0 Å². The fourth-order valence-electron chi connectivity index (χ4n) is 2.45. The molecule has 1 aliphatic rings. The standard InChI is InChI=1S/C16H24ClN3O3/c1-16(2,3)23-15(21)20-9-5-4-6-13(20)11-22-10-12-7-8-14(17)19-18-12/h7-8,13H,4-6,9-11H2,1-3H3/t13-/m1/s1. The molecule has 0 spiro atoms. The van der Waals surface area contributed by atoms with Crippen LogP contribution in [0.1, 0.15) is 45.7 Å². The van der Waals surface area contributed by atoms with Gasteiger partial charge in [-0.3, -0.25) is 0 Å². The molecule has 2 rings (SSSR count). The van der Waals surface area contributed by atoms with Gasteiger partial charge in [0, 0.05) is 6.54 Å². The van der Waals surface area contributed by atoms with Gasteiger partial charge in [-0.25, -0.2) is 4.79 Å². The van der Waals surface area contributed by atoms with Crippen LogP contribution in [0.15, 0.2) is 12.1 Å². The highest BCUT2D eigenvalue weighted by molar-refractivity contribution is 6.29. The number of likely N-dealkylation sites (tertiary alicyclic amines) is 1. The maximum absolute atomic E-state index is 12.3. The minimum Gasteiger partial charge on any atom is -0.444 e. The summed E-state index contributed by atoms with van der Waals surface area (Å²) >= 11 is 5.70. The predicted octanol–water partition coefficient (Wildman–Crippen LogP) is 3.44. The number of nitrogens with zero attached hydrogens (tertiary/aromatic N) is 3. The number of aromatic nitrogens is 2. The average molecular weight is 342 g/mol. The smallest absolute Gasteiger partial charge is 0.410 e. The quantitative estimate of drug-likeness (QED) is 0.839. The minimum atomic E-state index is -0.487. The number of amides is 1. The Bertz CT molecular complexity index is 516.